The lowest BCUT2D eigenvalue weighted by Gasteiger charge is -2.27. The minimum Gasteiger partial charge on any atom is -0.480 e. The third-order valence-corrected chi connectivity index (χ3v) is 2.55. The number of rotatable bonds is 9. The summed E-state index contributed by atoms with van der Waals surface area (Å²) in [6, 6.07) is 0. The molecule has 0 aromatic rings. The Hall–Kier alpha value is -0.650. The molecular weight excluding hydrogens is 210 g/mol. The molecule has 0 aliphatic carbocycles. The number of likely N-dealkylation sites (N-methyl/N-ethyl adjacent to an activating group) is 1. The van der Waals surface area contributed by atoms with Crippen molar-refractivity contribution in [2.45, 2.75) is 38.8 Å². The standard InChI is InChI=1S/C11H23NO4/c1-5-15-6-7-16-9(2)8-11(3,12-4)10(13)14/h9,12H,5-8H2,1-4H3,(H,13,14). The van der Waals surface area contributed by atoms with Crippen LogP contribution in [0.2, 0.25) is 0 Å². The van der Waals surface area contributed by atoms with Crippen molar-refractivity contribution in [1.29, 1.82) is 0 Å². The Morgan fingerprint density at radius 1 is 1.50 bits per heavy atom. The Labute approximate surface area is 97.1 Å². The minimum absolute atomic E-state index is 0.117. The summed E-state index contributed by atoms with van der Waals surface area (Å²) in [6.07, 6.45) is 0.305. The van der Waals surface area contributed by atoms with Gasteiger partial charge in [-0.3, -0.25) is 4.79 Å². The van der Waals surface area contributed by atoms with Crippen LogP contribution >= 0.6 is 0 Å². The van der Waals surface area contributed by atoms with Gasteiger partial charge in [0, 0.05) is 13.0 Å². The number of carboxylic acids is 1. The van der Waals surface area contributed by atoms with E-state index in [0.717, 1.165) is 0 Å². The number of hydrogen-bond acceptors (Lipinski definition) is 4. The SMILES string of the molecule is CCOCCOC(C)CC(C)(NC)C(=O)O. The predicted octanol–water partition coefficient (Wildman–Crippen LogP) is 0.881. The highest BCUT2D eigenvalue weighted by atomic mass is 16.5. The van der Waals surface area contributed by atoms with Crippen LogP contribution in [0.25, 0.3) is 0 Å². The molecule has 5 heteroatoms. The molecule has 0 aliphatic heterocycles. The Bertz CT molecular complexity index is 210. The zero-order valence-electron chi connectivity index (χ0n) is 10.6. The molecule has 0 saturated heterocycles. The first-order valence-electron chi connectivity index (χ1n) is 5.58. The second-order valence-corrected chi connectivity index (χ2v) is 3.97. The summed E-state index contributed by atoms with van der Waals surface area (Å²) in [5.41, 5.74) is -0.939. The Kier molecular flexibility index (Phi) is 7.29. The molecule has 96 valence electrons. The summed E-state index contributed by atoms with van der Waals surface area (Å²) >= 11 is 0. The molecule has 0 saturated carbocycles. The van der Waals surface area contributed by atoms with Crippen molar-refractivity contribution in [2.75, 3.05) is 26.9 Å². The maximum Gasteiger partial charge on any atom is 0.323 e. The van der Waals surface area contributed by atoms with Gasteiger partial charge in [0.25, 0.3) is 0 Å². The van der Waals surface area contributed by atoms with Gasteiger partial charge in [-0.25, -0.2) is 0 Å². The van der Waals surface area contributed by atoms with Crippen molar-refractivity contribution in [2.24, 2.45) is 0 Å². The van der Waals surface area contributed by atoms with Crippen molar-refractivity contribution in [3.8, 4) is 0 Å². The van der Waals surface area contributed by atoms with E-state index in [-0.39, 0.29) is 6.10 Å². The molecule has 0 bridgehead atoms. The lowest BCUT2D eigenvalue weighted by atomic mass is 9.95. The number of aliphatic carboxylic acids is 1. The van der Waals surface area contributed by atoms with Gasteiger partial charge in [0.05, 0.1) is 19.3 Å². The highest BCUT2D eigenvalue weighted by Gasteiger charge is 2.33. The van der Waals surface area contributed by atoms with Gasteiger partial charge in [-0.05, 0) is 27.8 Å². The van der Waals surface area contributed by atoms with Gasteiger partial charge in [0.15, 0.2) is 0 Å². The van der Waals surface area contributed by atoms with Crippen molar-refractivity contribution in [1.82, 2.24) is 5.32 Å². The normalized spacial score (nSPS) is 16.8. The zero-order valence-corrected chi connectivity index (χ0v) is 10.6. The smallest absolute Gasteiger partial charge is 0.323 e. The molecule has 0 spiro atoms. The van der Waals surface area contributed by atoms with Crippen molar-refractivity contribution < 1.29 is 19.4 Å². The zero-order chi connectivity index (χ0) is 12.6. The van der Waals surface area contributed by atoms with E-state index in [9.17, 15) is 4.79 Å². The van der Waals surface area contributed by atoms with E-state index in [1.165, 1.54) is 0 Å². The summed E-state index contributed by atoms with van der Waals surface area (Å²) in [6.45, 7) is 7.15. The van der Waals surface area contributed by atoms with E-state index in [0.29, 0.717) is 26.2 Å². The summed E-state index contributed by atoms with van der Waals surface area (Å²) < 4.78 is 10.6. The second-order valence-electron chi connectivity index (χ2n) is 3.97. The fourth-order valence-electron chi connectivity index (χ4n) is 1.38. The maximum atomic E-state index is 11.0. The highest BCUT2D eigenvalue weighted by Crippen LogP contribution is 2.14. The van der Waals surface area contributed by atoms with Gasteiger partial charge in [0.1, 0.15) is 5.54 Å². The number of carbonyl (C=O) groups is 1. The molecule has 0 heterocycles. The average molecular weight is 233 g/mol. The lowest BCUT2D eigenvalue weighted by molar-refractivity contribution is -0.145. The molecule has 0 aliphatic rings. The van der Waals surface area contributed by atoms with Gasteiger partial charge in [-0.15, -0.1) is 0 Å². The van der Waals surface area contributed by atoms with Crippen LogP contribution in [0.4, 0.5) is 0 Å². The first-order chi connectivity index (χ1) is 7.46. The van der Waals surface area contributed by atoms with Crippen LogP contribution in [0.1, 0.15) is 27.2 Å². The van der Waals surface area contributed by atoms with Crippen molar-refractivity contribution >= 4 is 5.97 Å². The van der Waals surface area contributed by atoms with Crippen LogP contribution in [0.3, 0.4) is 0 Å². The van der Waals surface area contributed by atoms with Gasteiger partial charge < -0.3 is 19.9 Å². The van der Waals surface area contributed by atoms with E-state index in [1.807, 2.05) is 13.8 Å². The third kappa shape index (κ3) is 5.44. The minimum atomic E-state index is -0.939. The average Bonchev–Trinajstić information content (AvgIpc) is 2.24. The molecule has 16 heavy (non-hydrogen) atoms. The molecule has 2 unspecified atom stereocenters. The molecule has 0 aromatic carbocycles. The molecule has 0 rings (SSSR count). The molecule has 2 atom stereocenters. The maximum absolute atomic E-state index is 11.0. The second kappa shape index (κ2) is 7.60. The Morgan fingerprint density at radius 2 is 2.12 bits per heavy atom. The summed E-state index contributed by atoms with van der Waals surface area (Å²) in [5.74, 6) is -0.866. The molecule has 5 nitrogen and oxygen atoms in total. The van der Waals surface area contributed by atoms with Crippen LogP contribution in [0.15, 0.2) is 0 Å². The lowest BCUT2D eigenvalue weighted by Crippen LogP contribution is -2.49. The fraction of sp³-hybridized carbons (Fsp3) is 0.909. The number of hydrogen-bond donors (Lipinski definition) is 2. The summed E-state index contributed by atoms with van der Waals surface area (Å²) in [7, 11) is 1.64. The quantitative estimate of drug-likeness (QED) is 0.579. The van der Waals surface area contributed by atoms with Crippen LogP contribution in [0, 0.1) is 0 Å². The van der Waals surface area contributed by atoms with Gasteiger partial charge in [0.2, 0.25) is 0 Å². The Balaban J connectivity index is 3.92. The first-order valence-corrected chi connectivity index (χ1v) is 5.58. The van der Waals surface area contributed by atoms with E-state index >= 15 is 0 Å². The fourth-order valence-corrected chi connectivity index (χ4v) is 1.38. The van der Waals surface area contributed by atoms with Gasteiger partial charge >= 0.3 is 5.97 Å². The topological polar surface area (TPSA) is 67.8 Å². The molecule has 0 aromatic heterocycles. The molecule has 0 radical (unpaired) electrons. The third-order valence-electron chi connectivity index (χ3n) is 2.55. The predicted molar refractivity (Wildman–Crippen MR) is 61.6 cm³/mol. The van der Waals surface area contributed by atoms with Crippen LogP contribution in [0.5, 0.6) is 0 Å². The van der Waals surface area contributed by atoms with Gasteiger partial charge in [-0.2, -0.15) is 0 Å². The van der Waals surface area contributed by atoms with Crippen LogP contribution in [-0.2, 0) is 14.3 Å². The highest BCUT2D eigenvalue weighted by molar-refractivity contribution is 5.78. The van der Waals surface area contributed by atoms with Crippen LogP contribution in [-0.4, -0.2) is 49.6 Å². The van der Waals surface area contributed by atoms with E-state index in [4.69, 9.17) is 14.6 Å². The molecular formula is C11H23NO4. The monoisotopic (exact) mass is 233 g/mol. The summed E-state index contributed by atoms with van der Waals surface area (Å²) in [5, 5.41) is 11.8. The van der Waals surface area contributed by atoms with E-state index < -0.39 is 11.5 Å². The van der Waals surface area contributed by atoms with E-state index in [2.05, 4.69) is 5.32 Å². The first kappa shape index (κ1) is 15.3. The number of nitrogens with one attached hydrogen (secondary N) is 1. The van der Waals surface area contributed by atoms with Crippen molar-refractivity contribution in [3.63, 3.8) is 0 Å². The Morgan fingerprint density at radius 3 is 2.56 bits per heavy atom. The number of ether oxygens (including phenoxy) is 2. The number of carboxylic acid groups (broad SMARTS) is 1. The van der Waals surface area contributed by atoms with Crippen LogP contribution < -0.4 is 5.32 Å². The molecule has 0 amide bonds. The largest absolute Gasteiger partial charge is 0.480 e. The summed E-state index contributed by atoms with van der Waals surface area (Å²) in [4.78, 5) is 11.0. The van der Waals surface area contributed by atoms with Gasteiger partial charge in [-0.1, -0.05) is 0 Å². The van der Waals surface area contributed by atoms with E-state index in [1.54, 1.807) is 14.0 Å². The molecule has 2 N–H and O–H groups in total. The van der Waals surface area contributed by atoms with Crippen molar-refractivity contribution in [3.05, 3.63) is 0 Å². The molecule has 0 fully saturated rings.